The lowest BCUT2D eigenvalue weighted by molar-refractivity contribution is 0.105. The molecule has 1 aromatic carbocycles. The van der Waals surface area contributed by atoms with Crippen LogP contribution in [0, 0.1) is 6.92 Å². The lowest BCUT2D eigenvalue weighted by Crippen LogP contribution is -2.49. The minimum Gasteiger partial charge on any atom is -0.491 e. The summed E-state index contributed by atoms with van der Waals surface area (Å²) >= 11 is 0. The molecule has 0 aliphatic carbocycles. The summed E-state index contributed by atoms with van der Waals surface area (Å²) < 4.78 is 10.8. The molecule has 1 amide bonds. The first-order chi connectivity index (χ1) is 13.9. The van der Waals surface area contributed by atoms with Crippen molar-refractivity contribution in [2.75, 3.05) is 43.0 Å². The molecule has 0 unspecified atom stereocenters. The molecule has 0 saturated carbocycles. The molecule has 8 heteroatoms. The Morgan fingerprint density at radius 3 is 2.45 bits per heavy atom. The van der Waals surface area contributed by atoms with Crippen LogP contribution in [0.5, 0.6) is 5.75 Å². The predicted octanol–water partition coefficient (Wildman–Crippen LogP) is 3.59. The molecular weight excluding hydrogens is 370 g/mol. The number of rotatable bonds is 6. The van der Waals surface area contributed by atoms with Crippen molar-refractivity contribution in [2.45, 2.75) is 33.8 Å². The fourth-order valence-corrected chi connectivity index (χ4v) is 3.12. The van der Waals surface area contributed by atoms with Gasteiger partial charge in [0.25, 0.3) is 0 Å². The van der Waals surface area contributed by atoms with Crippen molar-refractivity contribution in [2.24, 2.45) is 0 Å². The van der Waals surface area contributed by atoms with Crippen molar-refractivity contribution in [1.82, 2.24) is 14.9 Å². The van der Waals surface area contributed by atoms with E-state index in [-0.39, 0.29) is 12.2 Å². The highest BCUT2D eigenvalue weighted by Gasteiger charge is 2.23. The average molecular weight is 399 g/mol. The van der Waals surface area contributed by atoms with Gasteiger partial charge < -0.3 is 24.6 Å². The molecule has 1 aromatic heterocycles. The van der Waals surface area contributed by atoms with Crippen molar-refractivity contribution in [3.8, 4) is 5.75 Å². The van der Waals surface area contributed by atoms with E-state index >= 15 is 0 Å². The maximum Gasteiger partial charge on any atom is 0.409 e. The third kappa shape index (κ3) is 5.73. The topological polar surface area (TPSA) is 79.8 Å². The lowest BCUT2D eigenvalue weighted by atomic mass is 10.3. The van der Waals surface area contributed by atoms with Crippen LogP contribution in [0.2, 0.25) is 0 Å². The van der Waals surface area contributed by atoms with Crippen LogP contribution in [0.15, 0.2) is 30.3 Å². The summed E-state index contributed by atoms with van der Waals surface area (Å²) in [4.78, 5) is 24.9. The molecule has 29 heavy (non-hydrogen) atoms. The molecule has 0 radical (unpaired) electrons. The SMILES string of the molecule is CCOC(=O)N1CCN(c2cc(C)nc(Nc3ccc(OC(C)C)cc3)n2)CC1. The Bertz CT molecular complexity index is 818. The number of hydrogen-bond acceptors (Lipinski definition) is 7. The number of nitrogens with zero attached hydrogens (tertiary/aromatic N) is 4. The number of carbonyl (C=O) groups excluding carboxylic acids is 1. The van der Waals surface area contributed by atoms with Gasteiger partial charge in [0.05, 0.1) is 12.7 Å². The summed E-state index contributed by atoms with van der Waals surface area (Å²) in [7, 11) is 0. The van der Waals surface area contributed by atoms with Crippen LogP contribution in [-0.4, -0.2) is 59.9 Å². The van der Waals surface area contributed by atoms with E-state index in [1.165, 1.54) is 0 Å². The van der Waals surface area contributed by atoms with Gasteiger partial charge in [-0.3, -0.25) is 0 Å². The van der Waals surface area contributed by atoms with Gasteiger partial charge in [-0.25, -0.2) is 9.78 Å². The molecule has 0 atom stereocenters. The molecule has 0 spiro atoms. The fourth-order valence-electron chi connectivity index (χ4n) is 3.12. The number of aryl methyl sites for hydroxylation is 1. The normalized spacial score (nSPS) is 14.1. The summed E-state index contributed by atoms with van der Waals surface area (Å²) in [6.45, 7) is 10.8. The molecule has 2 aromatic rings. The number of hydrogen-bond donors (Lipinski definition) is 1. The number of carbonyl (C=O) groups is 1. The predicted molar refractivity (Wildman–Crippen MR) is 113 cm³/mol. The minimum absolute atomic E-state index is 0.140. The van der Waals surface area contributed by atoms with Crippen molar-refractivity contribution in [3.63, 3.8) is 0 Å². The van der Waals surface area contributed by atoms with Crippen molar-refractivity contribution in [1.29, 1.82) is 0 Å². The zero-order valence-electron chi connectivity index (χ0n) is 17.5. The highest BCUT2D eigenvalue weighted by atomic mass is 16.6. The Balaban J connectivity index is 1.65. The third-order valence-electron chi connectivity index (χ3n) is 4.45. The van der Waals surface area contributed by atoms with Crippen LogP contribution in [0.3, 0.4) is 0 Å². The highest BCUT2D eigenvalue weighted by Crippen LogP contribution is 2.22. The zero-order chi connectivity index (χ0) is 20.8. The maximum absolute atomic E-state index is 11.9. The molecule has 156 valence electrons. The Morgan fingerprint density at radius 2 is 1.83 bits per heavy atom. The number of amides is 1. The number of benzene rings is 1. The number of nitrogens with one attached hydrogen (secondary N) is 1. The summed E-state index contributed by atoms with van der Waals surface area (Å²) in [6, 6.07) is 9.70. The molecule has 1 aliphatic rings. The fraction of sp³-hybridized carbons (Fsp3) is 0.476. The number of piperazine rings is 1. The molecule has 2 heterocycles. The molecule has 1 N–H and O–H groups in total. The van der Waals surface area contributed by atoms with Gasteiger partial charge in [0.15, 0.2) is 0 Å². The van der Waals surface area contributed by atoms with Crippen molar-refractivity contribution >= 4 is 23.5 Å². The van der Waals surface area contributed by atoms with E-state index in [1.807, 2.05) is 58.0 Å². The molecule has 1 saturated heterocycles. The standard InChI is InChI=1S/C21H29N5O3/c1-5-28-21(27)26-12-10-25(11-13-26)19-14-16(4)22-20(24-19)23-17-6-8-18(9-7-17)29-15(2)3/h6-9,14-15H,5,10-13H2,1-4H3,(H,22,23,24). The average Bonchev–Trinajstić information content (AvgIpc) is 2.69. The number of ether oxygens (including phenoxy) is 2. The van der Waals surface area contributed by atoms with Gasteiger partial charge >= 0.3 is 6.09 Å². The van der Waals surface area contributed by atoms with Crippen molar-refractivity contribution < 1.29 is 14.3 Å². The van der Waals surface area contributed by atoms with Gasteiger partial charge in [-0.05, 0) is 52.0 Å². The minimum atomic E-state index is -0.252. The molecule has 1 aliphatic heterocycles. The first-order valence-corrected chi connectivity index (χ1v) is 10.0. The Kier molecular flexibility index (Phi) is 6.74. The van der Waals surface area contributed by atoms with Crippen LogP contribution in [0.4, 0.5) is 22.2 Å². The second kappa shape index (κ2) is 9.45. The van der Waals surface area contributed by atoms with Gasteiger partial charge in [0.1, 0.15) is 11.6 Å². The van der Waals surface area contributed by atoms with Crippen LogP contribution in [-0.2, 0) is 4.74 Å². The summed E-state index contributed by atoms with van der Waals surface area (Å²) in [5.74, 6) is 2.23. The van der Waals surface area contributed by atoms with Gasteiger partial charge in [-0.15, -0.1) is 0 Å². The first kappa shape index (κ1) is 20.7. The molecule has 1 fully saturated rings. The van der Waals surface area contributed by atoms with Gasteiger partial charge in [0, 0.05) is 43.6 Å². The van der Waals surface area contributed by atoms with Crippen LogP contribution in [0.1, 0.15) is 26.5 Å². The lowest BCUT2D eigenvalue weighted by Gasteiger charge is -2.34. The number of aromatic nitrogens is 2. The molecule has 8 nitrogen and oxygen atoms in total. The molecule has 0 bridgehead atoms. The van der Waals surface area contributed by atoms with E-state index in [0.717, 1.165) is 22.9 Å². The van der Waals surface area contributed by atoms with Crippen LogP contribution < -0.4 is 15.0 Å². The summed E-state index contributed by atoms with van der Waals surface area (Å²) in [5, 5.41) is 3.26. The monoisotopic (exact) mass is 399 g/mol. The smallest absolute Gasteiger partial charge is 0.409 e. The zero-order valence-corrected chi connectivity index (χ0v) is 17.5. The van der Waals surface area contributed by atoms with Gasteiger partial charge in [0.2, 0.25) is 5.95 Å². The highest BCUT2D eigenvalue weighted by molar-refractivity contribution is 5.68. The van der Waals surface area contributed by atoms with E-state index in [4.69, 9.17) is 9.47 Å². The van der Waals surface area contributed by atoms with Crippen LogP contribution in [0.25, 0.3) is 0 Å². The van der Waals surface area contributed by atoms with E-state index in [2.05, 4.69) is 20.2 Å². The van der Waals surface area contributed by atoms with E-state index < -0.39 is 0 Å². The van der Waals surface area contributed by atoms with Gasteiger partial charge in [-0.2, -0.15) is 4.98 Å². The molecule has 3 rings (SSSR count). The number of anilines is 3. The maximum atomic E-state index is 11.9. The Labute approximate surface area is 171 Å². The second-order valence-electron chi connectivity index (χ2n) is 7.18. The Morgan fingerprint density at radius 1 is 1.14 bits per heavy atom. The summed E-state index contributed by atoms with van der Waals surface area (Å²) in [6.07, 6.45) is -0.112. The van der Waals surface area contributed by atoms with Gasteiger partial charge in [-0.1, -0.05) is 0 Å². The van der Waals surface area contributed by atoms with E-state index in [1.54, 1.807) is 4.90 Å². The Hall–Kier alpha value is -3.03. The quantitative estimate of drug-likeness (QED) is 0.795. The van der Waals surface area contributed by atoms with Crippen LogP contribution >= 0.6 is 0 Å². The second-order valence-corrected chi connectivity index (χ2v) is 7.18. The summed E-state index contributed by atoms with van der Waals surface area (Å²) in [5.41, 5.74) is 1.77. The third-order valence-corrected chi connectivity index (χ3v) is 4.45. The molecular formula is C21H29N5O3. The van der Waals surface area contributed by atoms with Crippen molar-refractivity contribution in [3.05, 3.63) is 36.0 Å². The first-order valence-electron chi connectivity index (χ1n) is 10.0. The largest absolute Gasteiger partial charge is 0.491 e. The van der Waals surface area contributed by atoms with E-state index in [9.17, 15) is 4.79 Å². The van der Waals surface area contributed by atoms with E-state index in [0.29, 0.717) is 38.7 Å².